The Balaban J connectivity index is 3.37. The molecular weight excluding hydrogens is 168 g/mol. The molecule has 13 heavy (non-hydrogen) atoms. The molecule has 0 aliphatic rings. The van der Waals surface area contributed by atoms with Gasteiger partial charge in [-0.15, -0.1) is 0 Å². The van der Waals surface area contributed by atoms with Gasteiger partial charge in [0.2, 0.25) is 0 Å². The highest BCUT2D eigenvalue weighted by Crippen LogP contribution is 2.00. The van der Waals surface area contributed by atoms with Crippen molar-refractivity contribution >= 4 is 6.09 Å². The van der Waals surface area contributed by atoms with Gasteiger partial charge in [0.1, 0.15) is 0 Å². The Morgan fingerprint density at radius 3 is 2.62 bits per heavy atom. The molecule has 0 aliphatic heterocycles. The van der Waals surface area contributed by atoms with Crippen molar-refractivity contribution < 1.29 is 9.53 Å². The van der Waals surface area contributed by atoms with E-state index < -0.39 is 0 Å². The smallest absolute Gasteiger partial charge is 0.407 e. The summed E-state index contributed by atoms with van der Waals surface area (Å²) in [5.74, 6) is 0. The molecule has 78 valence electrons. The first-order valence-electron chi connectivity index (χ1n) is 4.65. The lowest BCUT2D eigenvalue weighted by Gasteiger charge is -2.18. The average molecular weight is 188 g/mol. The molecule has 0 aromatic carbocycles. The van der Waals surface area contributed by atoms with Crippen LogP contribution in [0.2, 0.25) is 0 Å². The number of ether oxygens (including phenoxy) is 1. The van der Waals surface area contributed by atoms with Gasteiger partial charge in [0, 0.05) is 12.1 Å². The second kappa shape index (κ2) is 5.80. The number of nitrogens with two attached hydrogens (primary N) is 1. The molecule has 0 bridgehead atoms. The van der Waals surface area contributed by atoms with Crippen LogP contribution in [0, 0.1) is 0 Å². The van der Waals surface area contributed by atoms with Crippen LogP contribution in [0.1, 0.15) is 33.6 Å². The monoisotopic (exact) mass is 188 g/mol. The van der Waals surface area contributed by atoms with E-state index in [4.69, 9.17) is 10.5 Å². The average Bonchev–Trinajstić information content (AvgIpc) is 1.98. The topological polar surface area (TPSA) is 64.3 Å². The van der Waals surface area contributed by atoms with Crippen LogP contribution in [0.25, 0.3) is 0 Å². The summed E-state index contributed by atoms with van der Waals surface area (Å²) in [4.78, 5) is 10.9. The van der Waals surface area contributed by atoms with Crippen LogP contribution in [-0.4, -0.2) is 24.8 Å². The van der Waals surface area contributed by atoms with E-state index in [0.29, 0.717) is 13.2 Å². The van der Waals surface area contributed by atoms with Crippen LogP contribution in [0.5, 0.6) is 0 Å². The summed E-state index contributed by atoms with van der Waals surface area (Å²) in [6, 6.07) is 0. The predicted molar refractivity (Wildman–Crippen MR) is 52.5 cm³/mol. The van der Waals surface area contributed by atoms with E-state index in [1.165, 1.54) is 0 Å². The molecule has 4 heteroatoms. The van der Waals surface area contributed by atoms with Crippen molar-refractivity contribution in [3.63, 3.8) is 0 Å². The lowest BCUT2D eigenvalue weighted by molar-refractivity contribution is 0.145. The Bertz CT molecular complexity index is 152. The van der Waals surface area contributed by atoms with Crippen LogP contribution >= 0.6 is 0 Å². The van der Waals surface area contributed by atoms with Crippen LogP contribution in [0.3, 0.4) is 0 Å². The number of hydrogen-bond acceptors (Lipinski definition) is 3. The fraction of sp³-hybridized carbons (Fsp3) is 0.889. The molecule has 0 aliphatic carbocycles. The van der Waals surface area contributed by atoms with Gasteiger partial charge in [-0.25, -0.2) is 4.79 Å². The maximum absolute atomic E-state index is 10.9. The predicted octanol–water partition coefficient (Wildman–Crippen LogP) is 1.25. The minimum Gasteiger partial charge on any atom is -0.450 e. The van der Waals surface area contributed by atoms with Crippen molar-refractivity contribution in [1.82, 2.24) is 5.32 Å². The van der Waals surface area contributed by atoms with Crippen LogP contribution in [-0.2, 0) is 4.74 Å². The molecule has 0 unspecified atom stereocenters. The van der Waals surface area contributed by atoms with E-state index in [9.17, 15) is 4.79 Å². The molecule has 1 amide bonds. The Kier molecular flexibility index (Phi) is 5.46. The first kappa shape index (κ1) is 12.2. The summed E-state index contributed by atoms with van der Waals surface area (Å²) >= 11 is 0. The third-order valence-corrected chi connectivity index (χ3v) is 1.48. The number of carbonyl (C=O) groups is 1. The maximum atomic E-state index is 10.9. The molecule has 0 aromatic heterocycles. The molecule has 0 heterocycles. The molecule has 0 radical (unpaired) electrons. The summed E-state index contributed by atoms with van der Waals surface area (Å²) < 4.78 is 4.82. The zero-order valence-electron chi connectivity index (χ0n) is 8.72. The van der Waals surface area contributed by atoms with E-state index in [1.54, 1.807) is 0 Å². The third-order valence-electron chi connectivity index (χ3n) is 1.48. The van der Waals surface area contributed by atoms with Gasteiger partial charge in [0.15, 0.2) is 0 Å². The van der Waals surface area contributed by atoms with E-state index >= 15 is 0 Å². The van der Waals surface area contributed by atoms with Crippen molar-refractivity contribution in [1.29, 1.82) is 0 Å². The fourth-order valence-corrected chi connectivity index (χ4v) is 0.733. The molecule has 0 rings (SSSR count). The number of rotatable bonds is 5. The van der Waals surface area contributed by atoms with Gasteiger partial charge < -0.3 is 15.8 Å². The molecule has 0 atom stereocenters. The molecule has 0 fully saturated rings. The zero-order valence-corrected chi connectivity index (χ0v) is 8.72. The molecule has 0 saturated carbocycles. The Morgan fingerprint density at radius 2 is 2.15 bits per heavy atom. The minimum atomic E-state index is -0.355. The summed E-state index contributed by atoms with van der Waals surface area (Å²) in [5.41, 5.74) is 5.49. The normalized spacial score (nSPS) is 11.1. The molecule has 0 saturated heterocycles. The molecular formula is C9H20N2O2. The van der Waals surface area contributed by atoms with E-state index in [0.717, 1.165) is 12.8 Å². The zero-order chi connectivity index (χ0) is 10.3. The van der Waals surface area contributed by atoms with Gasteiger partial charge in [-0.3, -0.25) is 0 Å². The van der Waals surface area contributed by atoms with Crippen LogP contribution in [0.4, 0.5) is 4.79 Å². The number of alkyl carbamates (subject to hydrolysis) is 1. The summed E-state index contributed by atoms with van der Waals surface area (Å²) in [6.07, 6.45) is 1.23. The van der Waals surface area contributed by atoms with Gasteiger partial charge in [-0.2, -0.15) is 0 Å². The molecule has 0 aromatic rings. The number of nitrogens with one attached hydrogen (secondary N) is 1. The van der Waals surface area contributed by atoms with E-state index in [1.807, 2.05) is 20.8 Å². The van der Waals surface area contributed by atoms with Crippen LogP contribution < -0.4 is 11.1 Å². The van der Waals surface area contributed by atoms with Crippen molar-refractivity contribution in [2.75, 3.05) is 13.2 Å². The Hall–Kier alpha value is -0.770. The fourth-order valence-electron chi connectivity index (χ4n) is 0.733. The summed E-state index contributed by atoms with van der Waals surface area (Å²) in [5, 5.41) is 2.63. The molecule has 3 N–H and O–H groups in total. The Labute approximate surface area is 79.8 Å². The van der Waals surface area contributed by atoms with Gasteiger partial charge in [-0.05, 0) is 26.7 Å². The SMILES string of the molecule is CCCOC(=O)NCCC(C)(C)N. The highest BCUT2D eigenvalue weighted by Gasteiger charge is 2.10. The van der Waals surface area contributed by atoms with Gasteiger partial charge in [0.25, 0.3) is 0 Å². The maximum Gasteiger partial charge on any atom is 0.407 e. The van der Waals surface area contributed by atoms with Crippen molar-refractivity contribution in [2.45, 2.75) is 39.2 Å². The minimum absolute atomic E-state index is 0.238. The van der Waals surface area contributed by atoms with Crippen molar-refractivity contribution in [2.24, 2.45) is 5.73 Å². The first-order chi connectivity index (χ1) is 5.95. The van der Waals surface area contributed by atoms with Gasteiger partial charge in [-0.1, -0.05) is 6.92 Å². The van der Waals surface area contributed by atoms with Crippen molar-refractivity contribution in [3.8, 4) is 0 Å². The third kappa shape index (κ3) is 9.14. The first-order valence-corrected chi connectivity index (χ1v) is 4.65. The standard InChI is InChI=1S/C9H20N2O2/c1-4-7-13-8(12)11-6-5-9(2,3)10/h4-7,10H2,1-3H3,(H,11,12). The second-order valence-electron chi connectivity index (χ2n) is 3.80. The van der Waals surface area contributed by atoms with E-state index in [2.05, 4.69) is 5.32 Å². The largest absolute Gasteiger partial charge is 0.450 e. The summed E-state index contributed by atoms with van der Waals surface area (Å²) in [7, 11) is 0. The summed E-state index contributed by atoms with van der Waals surface area (Å²) in [6.45, 7) is 6.83. The Morgan fingerprint density at radius 1 is 1.54 bits per heavy atom. The lowest BCUT2D eigenvalue weighted by atomic mass is 10.0. The van der Waals surface area contributed by atoms with Crippen LogP contribution in [0.15, 0.2) is 0 Å². The highest BCUT2D eigenvalue weighted by molar-refractivity contribution is 5.66. The molecule has 0 spiro atoms. The number of amides is 1. The highest BCUT2D eigenvalue weighted by atomic mass is 16.5. The number of carbonyl (C=O) groups excluding carboxylic acids is 1. The number of hydrogen-bond donors (Lipinski definition) is 2. The van der Waals surface area contributed by atoms with Gasteiger partial charge >= 0.3 is 6.09 Å². The van der Waals surface area contributed by atoms with E-state index in [-0.39, 0.29) is 11.6 Å². The van der Waals surface area contributed by atoms with Gasteiger partial charge in [0.05, 0.1) is 6.61 Å². The quantitative estimate of drug-likeness (QED) is 0.682. The second-order valence-corrected chi connectivity index (χ2v) is 3.80. The lowest BCUT2D eigenvalue weighted by Crippen LogP contribution is -2.37. The van der Waals surface area contributed by atoms with Crippen molar-refractivity contribution in [3.05, 3.63) is 0 Å². The molecule has 4 nitrogen and oxygen atoms in total.